The van der Waals surface area contributed by atoms with Gasteiger partial charge in [0.05, 0.1) is 12.3 Å². The molecule has 0 aromatic heterocycles. The fourth-order valence-corrected chi connectivity index (χ4v) is 2.04. The van der Waals surface area contributed by atoms with Gasteiger partial charge in [0.2, 0.25) is 0 Å². The highest BCUT2D eigenvalue weighted by Gasteiger charge is 2.15. The summed E-state index contributed by atoms with van der Waals surface area (Å²) in [6, 6.07) is 7.42. The molecule has 1 aliphatic rings. The molecule has 0 radical (unpaired) electrons. The summed E-state index contributed by atoms with van der Waals surface area (Å²) in [6.07, 6.45) is 2.26. The minimum absolute atomic E-state index is 0.446. The summed E-state index contributed by atoms with van der Waals surface area (Å²) < 4.78 is 5.72. The molecule has 0 aliphatic carbocycles. The van der Waals surface area contributed by atoms with Crippen LogP contribution < -0.4 is 15.8 Å². The van der Waals surface area contributed by atoms with Crippen molar-refractivity contribution in [3.63, 3.8) is 0 Å². The van der Waals surface area contributed by atoms with Crippen LogP contribution in [0.2, 0.25) is 0 Å². The van der Waals surface area contributed by atoms with Crippen molar-refractivity contribution in [1.29, 1.82) is 5.26 Å². The number of benzene rings is 1. The molecular formula is C13H17N3O. The predicted octanol–water partition coefficient (Wildman–Crippen LogP) is 1.52. The zero-order chi connectivity index (χ0) is 12.1. The van der Waals surface area contributed by atoms with Crippen LogP contribution in [0.4, 0.5) is 5.69 Å². The van der Waals surface area contributed by atoms with Crippen molar-refractivity contribution < 1.29 is 4.74 Å². The summed E-state index contributed by atoms with van der Waals surface area (Å²) in [4.78, 5) is 0. The average molecular weight is 231 g/mol. The molecule has 1 heterocycles. The van der Waals surface area contributed by atoms with E-state index >= 15 is 0 Å². The molecule has 0 spiro atoms. The molecule has 4 nitrogen and oxygen atoms in total. The van der Waals surface area contributed by atoms with Crippen LogP contribution in [-0.2, 0) is 0 Å². The lowest BCUT2D eigenvalue weighted by Crippen LogP contribution is -2.30. The molecule has 1 saturated heterocycles. The Hall–Kier alpha value is -1.73. The smallest absolute Gasteiger partial charge is 0.139 e. The quantitative estimate of drug-likeness (QED) is 0.774. The van der Waals surface area contributed by atoms with Crippen LogP contribution in [0.1, 0.15) is 18.4 Å². The Labute approximate surface area is 101 Å². The molecule has 1 aromatic rings. The molecule has 90 valence electrons. The van der Waals surface area contributed by atoms with Crippen LogP contribution in [0.5, 0.6) is 5.75 Å². The van der Waals surface area contributed by atoms with Gasteiger partial charge in [-0.3, -0.25) is 0 Å². The van der Waals surface area contributed by atoms with Crippen molar-refractivity contribution in [2.75, 3.05) is 25.4 Å². The maximum Gasteiger partial charge on any atom is 0.139 e. The second-order valence-corrected chi connectivity index (χ2v) is 4.34. The lowest BCUT2D eigenvalue weighted by molar-refractivity contribution is 0.215. The highest BCUT2D eigenvalue weighted by molar-refractivity contribution is 5.60. The molecule has 3 N–H and O–H groups in total. The maximum atomic E-state index is 9.02. The molecule has 2 rings (SSSR count). The first-order valence-corrected chi connectivity index (χ1v) is 5.93. The molecule has 1 aromatic carbocycles. The number of nitriles is 1. The van der Waals surface area contributed by atoms with Crippen molar-refractivity contribution >= 4 is 5.69 Å². The molecule has 4 heteroatoms. The van der Waals surface area contributed by atoms with E-state index in [2.05, 4.69) is 11.4 Å². The van der Waals surface area contributed by atoms with Gasteiger partial charge in [-0.05, 0) is 44.0 Å². The van der Waals surface area contributed by atoms with E-state index in [1.807, 2.05) is 6.07 Å². The molecule has 0 amide bonds. The number of nitrogens with one attached hydrogen (secondary N) is 1. The number of ether oxygens (including phenoxy) is 1. The number of nitrogen functional groups attached to an aromatic ring is 1. The van der Waals surface area contributed by atoms with Crippen LogP contribution >= 0.6 is 0 Å². The molecule has 1 fully saturated rings. The maximum absolute atomic E-state index is 9.02. The highest BCUT2D eigenvalue weighted by atomic mass is 16.5. The summed E-state index contributed by atoms with van der Waals surface area (Å²) in [5.74, 6) is 1.18. The topological polar surface area (TPSA) is 71.1 Å². The van der Waals surface area contributed by atoms with Gasteiger partial charge in [-0.15, -0.1) is 0 Å². The summed E-state index contributed by atoms with van der Waals surface area (Å²) in [5.41, 5.74) is 6.66. The monoisotopic (exact) mass is 231 g/mol. The highest BCUT2D eigenvalue weighted by Crippen LogP contribution is 2.24. The molecule has 1 aliphatic heterocycles. The van der Waals surface area contributed by atoms with E-state index in [-0.39, 0.29) is 0 Å². The molecule has 0 atom stereocenters. The van der Waals surface area contributed by atoms with E-state index in [1.54, 1.807) is 12.1 Å². The first-order chi connectivity index (χ1) is 8.31. The Morgan fingerprint density at radius 1 is 1.41 bits per heavy atom. The third-order valence-corrected chi connectivity index (χ3v) is 3.10. The van der Waals surface area contributed by atoms with Gasteiger partial charge >= 0.3 is 0 Å². The summed E-state index contributed by atoms with van der Waals surface area (Å²) in [6.45, 7) is 2.77. The fraction of sp³-hybridized carbons (Fsp3) is 0.462. The molecular weight excluding hydrogens is 214 g/mol. The zero-order valence-electron chi connectivity index (χ0n) is 9.78. The third-order valence-electron chi connectivity index (χ3n) is 3.10. The standard InChI is InChI=1S/C13H17N3O/c14-8-11-12(15)2-1-3-13(11)17-9-10-4-6-16-7-5-10/h1-3,10,16H,4-7,9,15H2. The number of nitrogens with zero attached hydrogens (tertiary/aromatic N) is 1. The zero-order valence-corrected chi connectivity index (χ0v) is 9.78. The number of piperidine rings is 1. The van der Waals surface area contributed by atoms with Crippen LogP contribution in [0.15, 0.2) is 18.2 Å². The number of hydrogen-bond donors (Lipinski definition) is 2. The molecule has 0 unspecified atom stereocenters. The Balaban J connectivity index is 1.99. The number of anilines is 1. The largest absolute Gasteiger partial charge is 0.492 e. The van der Waals surface area contributed by atoms with Crippen molar-refractivity contribution in [3.8, 4) is 11.8 Å². The Kier molecular flexibility index (Phi) is 3.84. The van der Waals surface area contributed by atoms with Crippen LogP contribution in [0, 0.1) is 17.2 Å². The summed E-state index contributed by atoms with van der Waals surface area (Å²) >= 11 is 0. The van der Waals surface area contributed by atoms with Gasteiger partial charge in [0.15, 0.2) is 0 Å². The summed E-state index contributed by atoms with van der Waals surface area (Å²) in [5, 5.41) is 12.3. The van der Waals surface area contributed by atoms with Gasteiger partial charge in [0.25, 0.3) is 0 Å². The minimum atomic E-state index is 0.446. The average Bonchev–Trinajstić information content (AvgIpc) is 2.37. The van der Waals surface area contributed by atoms with Gasteiger partial charge in [-0.25, -0.2) is 0 Å². The van der Waals surface area contributed by atoms with Crippen LogP contribution in [0.25, 0.3) is 0 Å². The SMILES string of the molecule is N#Cc1c(N)cccc1OCC1CCNCC1. The normalized spacial score (nSPS) is 16.4. The van der Waals surface area contributed by atoms with Crippen molar-refractivity contribution in [2.45, 2.75) is 12.8 Å². The molecule has 17 heavy (non-hydrogen) atoms. The van der Waals surface area contributed by atoms with Gasteiger partial charge < -0.3 is 15.8 Å². The molecule has 0 bridgehead atoms. The predicted molar refractivity (Wildman–Crippen MR) is 66.7 cm³/mol. The second kappa shape index (κ2) is 5.55. The van der Waals surface area contributed by atoms with Gasteiger partial charge in [0, 0.05) is 0 Å². The minimum Gasteiger partial charge on any atom is -0.492 e. The van der Waals surface area contributed by atoms with Crippen molar-refractivity contribution in [1.82, 2.24) is 5.32 Å². The van der Waals surface area contributed by atoms with Gasteiger partial charge in [-0.2, -0.15) is 5.26 Å². The van der Waals surface area contributed by atoms with E-state index in [0.29, 0.717) is 29.5 Å². The fourth-order valence-electron chi connectivity index (χ4n) is 2.04. The number of rotatable bonds is 3. The van der Waals surface area contributed by atoms with E-state index in [1.165, 1.54) is 0 Å². The molecule has 0 saturated carbocycles. The van der Waals surface area contributed by atoms with Crippen LogP contribution in [-0.4, -0.2) is 19.7 Å². The number of nitrogens with two attached hydrogens (primary N) is 1. The third kappa shape index (κ3) is 2.89. The Morgan fingerprint density at radius 2 is 2.18 bits per heavy atom. The number of hydrogen-bond acceptors (Lipinski definition) is 4. The Bertz CT molecular complexity index is 419. The van der Waals surface area contributed by atoms with Crippen LogP contribution in [0.3, 0.4) is 0 Å². The van der Waals surface area contributed by atoms with Crippen molar-refractivity contribution in [2.24, 2.45) is 5.92 Å². The second-order valence-electron chi connectivity index (χ2n) is 4.34. The van der Waals surface area contributed by atoms with E-state index in [9.17, 15) is 0 Å². The first-order valence-electron chi connectivity index (χ1n) is 5.93. The van der Waals surface area contributed by atoms with E-state index in [0.717, 1.165) is 25.9 Å². The summed E-state index contributed by atoms with van der Waals surface area (Å²) in [7, 11) is 0. The van der Waals surface area contributed by atoms with Gasteiger partial charge in [0.1, 0.15) is 17.4 Å². The van der Waals surface area contributed by atoms with E-state index in [4.69, 9.17) is 15.7 Å². The van der Waals surface area contributed by atoms with Crippen molar-refractivity contribution in [3.05, 3.63) is 23.8 Å². The first kappa shape index (κ1) is 11.7. The lowest BCUT2D eigenvalue weighted by atomic mass is 9.99. The lowest BCUT2D eigenvalue weighted by Gasteiger charge is -2.22. The Morgan fingerprint density at radius 3 is 2.88 bits per heavy atom. The van der Waals surface area contributed by atoms with Gasteiger partial charge in [-0.1, -0.05) is 6.07 Å². The van der Waals surface area contributed by atoms with E-state index < -0.39 is 0 Å².